The summed E-state index contributed by atoms with van der Waals surface area (Å²) >= 11 is 0. The van der Waals surface area contributed by atoms with E-state index < -0.39 is 16.4 Å². The third-order valence-corrected chi connectivity index (χ3v) is 1.96. The molecule has 16 heavy (non-hydrogen) atoms. The molecule has 1 aromatic carbocycles. The largest absolute Gasteiger partial charge is 0.376 e. The second-order valence-corrected chi connectivity index (χ2v) is 3.92. The van der Waals surface area contributed by atoms with Crippen LogP contribution in [0.3, 0.4) is 0 Å². The summed E-state index contributed by atoms with van der Waals surface area (Å²) in [7, 11) is 0. The number of hydrogen-bond donors (Lipinski definition) is 0. The number of nitro benzene ring substituents is 1. The van der Waals surface area contributed by atoms with Gasteiger partial charge in [-0.3, -0.25) is 10.1 Å². The Bertz CT molecular complexity index is 379. The first-order valence-corrected chi connectivity index (χ1v) is 5.02. The molecule has 0 saturated heterocycles. The van der Waals surface area contributed by atoms with Crippen molar-refractivity contribution in [3.8, 4) is 0 Å². The molecular weight excluding hydrogens is 213 g/mol. The van der Waals surface area contributed by atoms with Gasteiger partial charge in [-0.05, 0) is 5.92 Å². The number of nitrogens with zero attached hydrogens (tertiary/aromatic N) is 1. The number of nitro groups is 1. The molecule has 0 aromatic heterocycles. The van der Waals surface area contributed by atoms with Gasteiger partial charge in [-0.25, -0.2) is 0 Å². The molecule has 0 spiro atoms. The minimum Gasteiger partial charge on any atom is -0.376 e. The quantitative estimate of drug-likeness (QED) is 0.574. The van der Waals surface area contributed by atoms with Crippen LogP contribution in [0.2, 0.25) is 0 Å². The fraction of sp³-hybridized carbons (Fsp3) is 0.455. The molecular formula is C11H14FNO3. The van der Waals surface area contributed by atoms with Gasteiger partial charge in [-0.1, -0.05) is 26.0 Å². The monoisotopic (exact) mass is 227 g/mol. The second-order valence-electron chi connectivity index (χ2n) is 3.92. The van der Waals surface area contributed by atoms with E-state index in [0.29, 0.717) is 12.5 Å². The number of benzene rings is 1. The van der Waals surface area contributed by atoms with Crippen LogP contribution in [0.1, 0.15) is 19.4 Å². The summed E-state index contributed by atoms with van der Waals surface area (Å²) in [6, 6.07) is 4.08. The predicted octanol–water partition coefficient (Wildman–Crippen LogP) is 2.91. The van der Waals surface area contributed by atoms with Crippen molar-refractivity contribution in [3.63, 3.8) is 0 Å². The molecule has 0 N–H and O–H groups in total. The Labute approximate surface area is 93.2 Å². The SMILES string of the molecule is CC(C)COCc1cccc([N+](=O)[O-])c1F. The first-order chi connectivity index (χ1) is 7.52. The van der Waals surface area contributed by atoms with Crippen molar-refractivity contribution in [2.45, 2.75) is 20.5 Å². The Kier molecular flexibility index (Phi) is 4.37. The Morgan fingerprint density at radius 2 is 2.19 bits per heavy atom. The topological polar surface area (TPSA) is 52.4 Å². The van der Waals surface area contributed by atoms with Gasteiger partial charge in [-0.15, -0.1) is 0 Å². The predicted molar refractivity (Wildman–Crippen MR) is 57.5 cm³/mol. The maximum Gasteiger partial charge on any atom is 0.305 e. The highest BCUT2D eigenvalue weighted by Gasteiger charge is 2.16. The summed E-state index contributed by atoms with van der Waals surface area (Å²) in [6.07, 6.45) is 0. The van der Waals surface area contributed by atoms with Gasteiger partial charge in [-0.2, -0.15) is 4.39 Å². The van der Waals surface area contributed by atoms with E-state index in [1.165, 1.54) is 12.1 Å². The molecule has 0 bridgehead atoms. The van der Waals surface area contributed by atoms with Crippen LogP contribution < -0.4 is 0 Å². The van der Waals surface area contributed by atoms with Crippen LogP contribution in [0.5, 0.6) is 0 Å². The third-order valence-electron chi connectivity index (χ3n) is 1.96. The summed E-state index contributed by atoms with van der Waals surface area (Å²) < 4.78 is 18.8. The van der Waals surface area contributed by atoms with Crippen molar-refractivity contribution in [2.24, 2.45) is 5.92 Å². The summed E-state index contributed by atoms with van der Waals surface area (Å²) in [6.45, 7) is 4.52. The van der Waals surface area contributed by atoms with Crippen molar-refractivity contribution in [1.29, 1.82) is 0 Å². The molecule has 0 aliphatic carbocycles. The molecule has 88 valence electrons. The van der Waals surface area contributed by atoms with Crippen molar-refractivity contribution in [3.05, 3.63) is 39.7 Å². The van der Waals surface area contributed by atoms with Gasteiger partial charge in [0.25, 0.3) is 0 Å². The van der Waals surface area contributed by atoms with Gasteiger partial charge in [0.2, 0.25) is 5.82 Å². The fourth-order valence-corrected chi connectivity index (χ4v) is 1.22. The number of hydrogen-bond acceptors (Lipinski definition) is 3. The summed E-state index contributed by atoms with van der Waals surface area (Å²) in [5.41, 5.74) is -0.291. The molecule has 0 radical (unpaired) electrons. The highest BCUT2D eigenvalue weighted by atomic mass is 19.1. The lowest BCUT2D eigenvalue weighted by Crippen LogP contribution is -2.04. The third kappa shape index (κ3) is 3.27. The van der Waals surface area contributed by atoms with Crippen LogP contribution in [0, 0.1) is 21.8 Å². The maximum absolute atomic E-state index is 13.5. The van der Waals surface area contributed by atoms with E-state index in [0.717, 1.165) is 6.07 Å². The number of ether oxygens (including phenoxy) is 1. The van der Waals surface area contributed by atoms with Crippen molar-refractivity contribution in [2.75, 3.05) is 6.61 Å². The van der Waals surface area contributed by atoms with Gasteiger partial charge in [0.05, 0.1) is 11.5 Å². The molecule has 1 rings (SSSR count). The van der Waals surface area contributed by atoms with Crippen LogP contribution in [0.15, 0.2) is 18.2 Å². The minimum absolute atomic E-state index is 0.0612. The molecule has 0 atom stereocenters. The van der Waals surface area contributed by atoms with Crippen LogP contribution in [0.25, 0.3) is 0 Å². The molecule has 0 amide bonds. The fourth-order valence-electron chi connectivity index (χ4n) is 1.22. The molecule has 4 nitrogen and oxygen atoms in total. The Morgan fingerprint density at radius 1 is 1.50 bits per heavy atom. The van der Waals surface area contributed by atoms with Gasteiger partial charge < -0.3 is 4.74 Å². The lowest BCUT2D eigenvalue weighted by atomic mass is 10.2. The van der Waals surface area contributed by atoms with Gasteiger partial charge in [0.1, 0.15) is 0 Å². The average Bonchev–Trinajstić information content (AvgIpc) is 2.19. The van der Waals surface area contributed by atoms with Gasteiger partial charge in [0, 0.05) is 18.2 Å². The molecule has 0 fully saturated rings. The Hall–Kier alpha value is -1.49. The van der Waals surface area contributed by atoms with E-state index in [1.807, 2.05) is 13.8 Å². The first-order valence-electron chi connectivity index (χ1n) is 5.02. The van der Waals surface area contributed by atoms with Crippen molar-refractivity contribution >= 4 is 5.69 Å². The van der Waals surface area contributed by atoms with E-state index in [-0.39, 0.29) is 12.2 Å². The number of rotatable bonds is 5. The maximum atomic E-state index is 13.5. The summed E-state index contributed by atoms with van der Waals surface area (Å²) in [4.78, 5) is 9.75. The Morgan fingerprint density at radius 3 is 2.75 bits per heavy atom. The van der Waals surface area contributed by atoms with E-state index in [2.05, 4.69) is 0 Å². The van der Waals surface area contributed by atoms with E-state index in [4.69, 9.17) is 4.74 Å². The first kappa shape index (κ1) is 12.6. The van der Waals surface area contributed by atoms with E-state index >= 15 is 0 Å². The highest BCUT2D eigenvalue weighted by Crippen LogP contribution is 2.20. The smallest absolute Gasteiger partial charge is 0.305 e. The zero-order valence-electron chi connectivity index (χ0n) is 9.27. The minimum atomic E-state index is -0.809. The van der Waals surface area contributed by atoms with Crippen molar-refractivity contribution < 1.29 is 14.1 Å². The lowest BCUT2D eigenvalue weighted by Gasteiger charge is -2.07. The summed E-state index contributed by atoms with van der Waals surface area (Å²) in [5, 5.41) is 10.5. The molecule has 0 aliphatic rings. The molecule has 0 saturated carbocycles. The van der Waals surface area contributed by atoms with Gasteiger partial charge in [0.15, 0.2) is 0 Å². The lowest BCUT2D eigenvalue weighted by molar-refractivity contribution is -0.387. The number of halogens is 1. The zero-order chi connectivity index (χ0) is 12.1. The molecule has 5 heteroatoms. The highest BCUT2D eigenvalue weighted by molar-refractivity contribution is 5.36. The van der Waals surface area contributed by atoms with Crippen LogP contribution in [-0.4, -0.2) is 11.5 Å². The van der Waals surface area contributed by atoms with Crippen LogP contribution in [0.4, 0.5) is 10.1 Å². The average molecular weight is 227 g/mol. The second kappa shape index (κ2) is 5.55. The standard InChI is InChI=1S/C11H14FNO3/c1-8(2)6-16-7-9-4-3-5-10(11(9)12)13(14)15/h3-5,8H,6-7H2,1-2H3. The van der Waals surface area contributed by atoms with E-state index in [9.17, 15) is 14.5 Å². The molecule has 1 aromatic rings. The Balaban J connectivity index is 2.73. The molecule has 0 heterocycles. The van der Waals surface area contributed by atoms with E-state index in [1.54, 1.807) is 0 Å². The van der Waals surface area contributed by atoms with Crippen molar-refractivity contribution in [1.82, 2.24) is 0 Å². The van der Waals surface area contributed by atoms with Crippen LogP contribution in [-0.2, 0) is 11.3 Å². The summed E-state index contributed by atoms with van der Waals surface area (Å²) in [5.74, 6) is -0.460. The zero-order valence-corrected chi connectivity index (χ0v) is 9.27. The van der Waals surface area contributed by atoms with Gasteiger partial charge >= 0.3 is 5.69 Å². The van der Waals surface area contributed by atoms with Crippen LogP contribution >= 0.6 is 0 Å². The molecule has 0 unspecified atom stereocenters. The molecule has 0 aliphatic heterocycles. The normalized spacial score (nSPS) is 10.8.